The van der Waals surface area contributed by atoms with Gasteiger partial charge in [-0.2, -0.15) is 9.97 Å². The molecule has 0 N–H and O–H groups in total. The number of hydrogen-bond acceptors (Lipinski definition) is 3. The first kappa shape index (κ1) is 40.2. The van der Waals surface area contributed by atoms with Crippen LogP contribution in [0.1, 0.15) is 51.7 Å². The summed E-state index contributed by atoms with van der Waals surface area (Å²) >= 11 is 0. The van der Waals surface area contributed by atoms with E-state index >= 15 is 0 Å². The lowest BCUT2D eigenvalue weighted by atomic mass is 9.63. The second kappa shape index (κ2) is 15.2. The van der Waals surface area contributed by atoms with Crippen LogP contribution in [-0.2, 0) is 10.8 Å². The third kappa shape index (κ3) is 6.26. The molecule has 0 radical (unpaired) electrons. The van der Waals surface area contributed by atoms with E-state index in [1.54, 1.807) is 0 Å². The Balaban J connectivity index is 1.15. The molecule has 0 saturated heterocycles. The van der Waals surface area contributed by atoms with Gasteiger partial charge in [0.25, 0.3) is 0 Å². The van der Waals surface area contributed by atoms with Crippen molar-refractivity contribution in [3.8, 4) is 56.7 Å². The van der Waals surface area contributed by atoms with Gasteiger partial charge >= 0.3 is 0 Å². The first-order chi connectivity index (χ1) is 33.2. The molecule has 1 aliphatic carbocycles. The van der Waals surface area contributed by atoms with Crippen molar-refractivity contribution in [3.63, 3.8) is 0 Å². The van der Waals surface area contributed by atoms with E-state index in [-0.39, 0.29) is 10.8 Å². The Kier molecular flexibility index (Phi) is 8.97. The minimum Gasteiger partial charge on any atom is -0.309 e. The third-order valence-electron chi connectivity index (χ3n) is 14.8. The Morgan fingerprint density at radius 3 is 1.60 bits per heavy atom. The van der Waals surface area contributed by atoms with E-state index in [4.69, 9.17) is 15.0 Å². The van der Waals surface area contributed by atoms with Crippen molar-refractivity contribution in [1.29, 1.82) is 0 Å². The summed E-state index contributed by atoms with van der Waals surface area (Å²) in [7, 11) is 0. The van der Waals surface area contributed by atoms with Gasteiger partial charge in [0.2, 0.25) is 5.95 Å². The molecule has 5 heteroatoms. The van der Waals surface area contributed by atoms with E-state index < -0.39 is 0 Å². The maximum atomic E-state index is 5.54. The average Bonchev–Trinajstić information content (AvgIpc) is 3.91. The summed E-state index contributed by atoms with van der Waals surface area (Å²) in [6.07, 6.45) is 2.23. The molecule has 3 aromatic heterocycles. The predicted molar refractivity (Wildman–Crippen MR) is 283 cm³/mol. The summed E-state index contributed by atoms with van der Waals surface area (Å²) in [5, 5.41) is 7.35. The summed E-state index contributed by atoms with van der Waals surface area (Å²) in [4.78, 5) is 16.3. The summed E-state index contributed by atoms with van der Waals surface area (Å²) < 4.78 is 4.79. The summed E-state index contributed by atoms with van der Waals surface area (Å²) in [6, 6.07) is 72.1. The second-order valence-corrected chi connectivity index (χ2v) is 19.9. The SMILES string of the molecule is CC1(C)CCC(C)(C)c2cc3c(cc21)c1c2c4c5ccccc5ccc4n(-c4ccccc4)c2ccc1n3-c1nc(-c2ccccc2)nc(-c2cccc(-c3ccccc3-c3ccccc3)c2)n1. The van der Waals surface area contributed by atoms with E-state index in [0.29, 0.717) is 17.6 Å². The Morgan fingerprint density at radius 1 is 0.368 bits per heavy atom. The minimum absolute atomic E-state index is 0.00292. The zero-order valence-electron chi connectivity index (χ0n) is 38.7. The van der Waals surface area contributed by atoms with Crippen LogP contribution < -0.4 is 0 Å². The third-order valence-corrected chi connectivity index (χ3v) is 14.8. The molecule has 0 aliphatic heterocycles. The van der Waals surface area contributed by atoms with Crippen LogP contribution in [-0.4, -0.2) is 24.1 Å². The lowest BCUT2D eigenvalue weighted by Crippen LogP contribution is -2.33. The van der Waals surface area contributed by atoms with Gasteiger partial charge in [0.1, 0.15) is 0 Å². The fourth-order valence-electron chi connectivity index (χ4n) is 11.2. The largest absolute Gasteiger partial charge is 0.309 e. The predicted octanol–water partition coefficient (Wildman–Crippen LogP) is 16.2. The maximum Gasteiger partial charge on any atom is 0.238 e. The Bertz CT molecular complexity index is 3950. The molecule has 0 spiro atoms. The fourth-order valence-corrected chi connectivity index (χ4v) is 11.2. The molecule has 326 valence electrons. The Hall–Kier alpha value is -8.15. The highest BCUT2D eigenvalue weighted by Gasteiger charge is 2.38. The molecule has 0 bridgehead atoms. The van der Waals surface area contributed by atoms with E-state index in [0.717, 1.165) is 51.8 Å². The van der Waals surface area contributed by atoms with Gasteiger partial charge in [0.05, 0.1) is 22.1 Å². The quantitative estimate of drug-likeness (QED) is 0.167. The molecule has 1 aliphatic rings. The van der Waals surface area contributed by atoms with Crippen molar-refractivity contribution in [2.75, 3.05) is 0 Å². The molecule has 12 aromatic rings. The van der Waals surface area contributed by atoms with Crippen LogP contribution in [0.5, 0.6) is 0 Å². The van der Waals surface area contributed by atoms with E-state index in [9.17, 15) is 0 Å². The first-order valence-electron chi connectivity index (χ1n) is 23.8. The van der Waals surface area contributed by atoms with Crippen molar-refractivity contribution >= 4 is 54.4 Å². The van der Waals surface area contributed by atoms with Crippen molar-refractivity contribution in [1.82, 2.24) is 24.1 Å². The molecular weight excluding hydrogens is 827 g/mol. The van der Waals surface area contributed by atoms with Gasteiger partial charge in [0.15, 0.2) is 11.6 Å². The minimum atomic E-state index is -0.0227. The van der Waals surface area contributed by atoms with E-state index in [2.05, 4.69) is 231 Å². The highest BCUT2D eigenvalue weighted by atomic mass is 15.2. The second-order valence-electron chi connectivity index (χ2n) is 19.9. The lowest BCUT2D eigenvalue weighted by Gasteiger charge is -2.42. The Labute approximate surface area is 396 Å². The van der Waals surface area contributed by atoms with Gasteiger partial charge in [-0.15, -0.1) is 0 Å². The molecular formula is C63H49N5. The maximum absolute atomic E-state index is 5.54. The number of para-hydroxylation sites is 1. The van der Waals surface area contributed by atoms with Crippen molar-refractivity contribution in [2.45, 2.75) is 51.4 Å². The Morgan fingerprint density at radius 2 is 0.882 bits per heavy atom. The summed E-state index contributed by atoms with van der Waals surface area (Å²) in [5.41, 5.74) is 14.9. The number of hydrogen-bond donors (Lipinski definition) is 0. The highest BCUT2D eigenvalue weighted by molar-refractivity contribution is 6.33. The number of rotatable bonds is 6. The van der Waals surface area contributed by atoms with Gasteiger partial charge in [-0.3, -0.25) is 4.57 Å². The zero-order valence-corrected chi connectivity index (χ0v) is 38.7. The molecule has 0 fully saturated rings. The number of nitrogens with zero attached hydrogens (tertiary/aromatic N) is 5. The number of fused-ring (bicyclic) bond motifs is 10. The molecule has 0 amide bonds. The topological polar surface area (TPSA) is 48.5 Å². The standard InChI is InChI=1S/C63H49N5/c1-62(2)35-36-63(3,4)51-39-55-49(38-50(51)62)57-53(33-34-54-58(57)56-48-30-15-14-21-41(48)31-32-52(56)67(54)45-26-12-7-13-27-45)68(55)61-65-59(42-22-10-6-11-23-42)64-60(66-61)44-25-18-24-43(37-44)47-29-17-16-28-46(47)40-19-8-5-9-20-40/h5-34,37-39H,35-36H2,1-4H3. The van der Waals surface area contributed by atoms with Crippen LogP contribution >= 0.6 is 0 Å². The molecule has 13 rings (SSSR count). The van der Waals surface area contributed by atoms with Gasteiger partial charge in [-0.25, -0.2) is 4.98 Å². The molecule has 9 aromatic carbocycles. The zero-order chi connectivity index (χ0) is 45.7. The van der Waals surface area contributed by atoms with Gasteiger partial charge in [-0.1, -0.05) is 179 Å². The summed E-state index contributed by atoms with van der Waals surface area (Å²) in [6.45, 7) is 9.67. The van der Waals surface area contributed by atoms with Crippen molar-refractivity contribution in [3.05, 3.63) is 211 Å². The van der Waals surface area contributed by atoms with Crippen molar-refractivity contribution in [2.24, 2.45) is 0 Å². The highest BCUT2D eigenvalue weighted by Crippen LogP contribution is 2.51. The van der Waals surface area contributed by atoms with Crippen LogP contribution in [0.4, 0.5) is 0 Å². The summed E-state index contributed by atoms with van der Waals surface area (Å²) in [5.74, 6) is 1.84. The fraction of sp³-hybridized carbons (Fsp3) is 0.127. The molecule has 0 unspecified atom stereocenters. The lowest BCUT2D eigenvalue weighted by molar-refractivity contribution is 0.332. The number of aromatic nitrogens is 5. The van der Waals surface area contributed by atoms with Gasteiger partial charge in [0, 0.05) is 38.4 Å². The monoisotopic (exact) mass is 875 g/mol. The van der Waals surface area contributed by atoms with E-state index in [1.807, 2.05) is 6.07 Å². The van der Waals surface area contributed by atoms with Crippen LogP contribution in [0.25, 0.3) is 111 Å². The van der Waals surface area contributed by atoms with Gasteiger partial charge in [-0.05, 0) is 116 Å². The smallest absolute Gasteiger partial charge is 0.238 e. The van der Waals surface area contributed by atoms with Crippen molar-refractivity contribution < 1.29 is 0 Å². The number of benzene rings is 9. The molecule has 68 heavy (non-hydrogen) atoms. The average molecular weight is 876 g/mol. The molecule has 0 saturated carbocycles. The molecule has 5 nitrogen and oxygen atoms in total. The van der Waals surface area contributed by atoms with Crippen LogP contribution in [0.3, 0.4) is 0 Å². The van der Waals surface area contributed by atoms with E-state index in [1.165, 1.54) is 65.6 Å². The van der Waals surface area contributed by atoms with Crippen LogP contribution in [0.15, 0.2) is 200 Å². The van der Waals surface area contributed by atoms with Crippen LogP contribution in [0.2, 0.25) is 0 Å². The van der Waals surface area contributed by atoms with Gasteiger partial charge < -0.3 is 4.57 Å². The molecule has 3 heterocycles. The normalized spacial score (nSPS) is 14.3. The first-order valence-corrected chi connectivity index (χ1v) is 23.8. The van der Waals surface area contributed by atoms with Crippen LogP contribution in [0, 0.1) is 0 Å². The molecule has 0 atom stereocenters.